The average molecular weight is 432 g/mol. The molecule has 0 spiro atoms. The van der Waals surface area contributed by atoms with Crippen molar-refractivity contribution in [2.45, 2.75) is 24.9 Å². The molecule has 0 amide bonds. The number of aliphatic hydroxyl groups excluding tert-OH is 1. The van der Waals surface area contributed by atoms with Crippen molar-refractivity contribution in [3.8, 4) is 0 Å². The van der Waals surface area contributed by atoms with Crippen LogP contribution in [0.15, 0.2) is 15.8 Å². The second-order valence-corrected chi connectivity index (χ2v) is 6.63. The number of rotatable bonds is 4. The van der Waals surface area contributed by atoms with Crippen LogP contribution < -0.4 is 21.0 Å². The van der Waals surface area contributed by atoms with Crippen molar-refractivity contribution in [1.82, 2.24) is 9.55 Å². The predicted octanol–water partition coefficient (Wildman–Crippen LogP) is -2.37. The molecule has 1 aliphatic heterocycles. The minimum Gasteiger partial charge on any atom is -0.790 e. The van der Waals surface area contributed by atoms with E-state index in [-0.39, 0.29) is 9.99 Å². The van der Waals surface area contributed by atoms with Crippen LogP contribution in [-0.2, 0) is 13.8 Å². The smallest absolute Gasteiger partial charge is 0.330 e. The number of ether oxygens (including phenoxy) is 1. The van der Waals surface area contributed by atoms with Gasteiger partial charge in [0.2, 0.25) is 0 Å². The molecule has 1 fully saturated rings. The third-order valence-corrected chi connectivity index (χ3v) is 4.07. The number of aromatic nitrogens is 2. The Kier molecular flexibility index (Phi) is 5.03. The summed E-state index contributed by atoms with van der Waals surface area (Å²) in [4.78, 5) is 45.8. The van der Waals surface area contributed by atoms with Crippen LogP contribution in [0, 0.1) is 3.57 Å². The molecule has 2 rings (SSSR count). The summed E-state index contributed by atoms with van der Waals surface area (Å²) < 4.78 is 21.1. The van der Waals surface area contributed by atoms with Gasteiger partial charge in [0.15, 0.2) is 0 Å². The van der Waals surface area contributed by atoms with Gasteiger partial charge in [-0.2, -0.15) is 0 Å². The standard InChI is InChI=1S/C9H12IN2O8P/c10-4-2-12(9(15)11-8(4)14)7-1-5(13)6(20-7)3-19-21(16,17)18/h2,5-7,13H,1,3H2,(H,11,14,15)(H2,16,17,18)/p-2/t5-,6+,7+/m0/s1. The van der Waals surface area contributed by atoms with Crippen LogP contribution in [-0.4, -0.2) is 33.5 Å². The van der Waals surface area contributed by atoms with Gasteiger partial charge in [-0.1, -0.05) is 0 Å². The zero-order valence-corrected chi connectivity index (χ0v) is 13.4. The molecule has 0 unspecified atom stereocenters. The van der Waals surface area contributed by atoms with Crippen molar-refractivity contribution in [3.05, 3.63) is 30.6 Å². The Hall–Kier alpha value is -0.560. The molecule has 0 radical (unpaired) electrons. The van der Waals surface area contributed by atoms with Crippen LogP contribution >= 0.6 is 30.4 Å². The molecule has 0 aromatic carbocycles. The Labute approximate surface area is 131 Å². The van der Waals surface area contributed by atoms with E-state index in [0.29, 0.717) is 0 Å². The maximum Gasteiger partial charge on any atom is 0.330 e. The van der Waals surface area contributed by atoms with E-state index in [4.69, 9.17) is 4.74 Å². The third kappa shape index (κ3) is 4.22. The van der Waals surface area contributed by atoms with Crippen LogP contribution in [0.4, 0.5) is 0 Å². The fourth-order valence-corrected chi connectivity index (χ4v) is 2.64. The van der Waals surface area contributed by atoms with E-state index < -0.39 is 44.1 Å². The first-order valence-electron chi connectivity index (χ1n) is 5.68. The van der Waals surface area contributed by atoms with Crippen LogP contribution in [0.3, 0.4) is 0 Å². The van der Waals surface area contributed by atoms with Crippen LogP contribution in [0.25, 0.3) is 0 Å². The third-order valence-electron chi connectivity index (χ3n) is 2.84. The van der Waals surface area contributed by atoms with Crippen molar-refractivity contribution in [1.29, 1.82) is 0 Å². The Morgan fingerprint density at radius 1 is 1.57 bits per heavy atom. The normalized spacial score (nSPS) is 26.2. The number of phosphoric acid groups is 1. The fourth-order valence-electron chi connectivity index (χ4n) is 1.88. The van der Waals surface area contributed by atoms with Gasteiger partial charge in [0.25, 0.3) is 5.56 Å². The first-order valence-corrected chi connectivity index (χ1v) is 8.22. The highest BCUT2D eigenvalue weighted by Crippen LogP contribution is 2.31. The lowest BCUT2D eigenvalue weighted by Gasteiger charge is -2.30. The van der Waals surface area contributed by atoms with E-state index in [1.54, 1.807) is 22.6 Å². The number of aromatic amines is 1. The molecule has 10 nitrogen and oxygen atoms in total. The minimum atomic E-state index is -5.17. The Balaban J connectivity index is 2.14. The molecule has 0 bridgehead atoms. The number of nitrogens with one attached hydrogen (secondary N) is 1. The van der Waals surface area contributed by atoms with E-state index >= 15 is 0 Å². The molecule has 1 saturated heterocycles. The molecular weight excluding hydrogens is 422 g/mol. The zero-order valence-electron chi connectivity index (χ0n) is 10.3. The quantitative estimate of drug-likeness (QED) is 0.395. The largest absolute Gasteiger partial charge is 0.790 e. The SMILES string of the molecule is O=c1[nH]c(=O)n([C@H]2C[C@H](O)[C@@H](COP(=O)([O-])[O-])O2)cc1I. The summed E-state index contributed by atoms with van der Waals surface area (Å²) in [6.45, 7) is -0.642. The molecule has 0 aliphatic carbocycles. The molecule has 1 aliphatic rings. The number of hydrogen-bond acceptors (Lipinski definition) is 8. The van der Waals surface area contributed by atoms with Crippen molar-refractivity contribution < 1.29 is 28.7 Å². The summed E-state index contributed by atoms with van der Waals surface area (Å²) in [6.07, 6.45) is -1.84. The van der Waals surface area contributed by atoms with Gasteiger partial charge in [-0.25, -0.2) is 4.79 Å². The minimum absolute atomic E-state index is 0.0158. The van der Waals surface area contributed by atoms with Crippen molar-refractivity contribution in [2.24, 2.45) is 0 Å². The first-order chi connectivity index (χ1) is 9.67. The van der Waals surface area contributed by atoms with Crippen LogP contribution in [0.1, 0.15) is 12.6 Å². The number of aliphatic hydroxyl groups is 1. The zero-order chi connectivity index (χ0) is 15.8. The maximum atomic E-state index is 11.7. The summed E-state index contributed by atoms with van der Waals surface area (Å²) in [7, 11) is -5.17. The van der Waals surface area contributed by atoms with Gasteiger partial charge >= 0.3 is 5.69 Å². The predicted molar refractivity (Wildman–Crippen MR) is 72.1 cm³/mol. The summed E-state index contributed by atoms with van der Waals surface area (Å²) in [6, 6.07) is 0. The number of phosphoric ester groups is 1. The molecule has 2 heterocycles. The summed E-state index contributed by atoms with van der Waals surface area (Å²) in [5.74, 6) is 0. The fraction of sp³-hybridized carbons (Fsp3) is 0.556. The second kappa shape index (κ2) is 6.28. The van der Waals surface area contributed by atoms with Crippen molar-refractivity contribution in [2.75, 3.05) is 6.61 Å². The van der Waals surface area contributed by atoms with Crippen LogP contribution in [0.2, 0.25) is 0 Å². The second-order valence-electron chi connectivity index (χ2n) is 4.32. The highest BCUT2D eigenvalue weighted by atomic mass is 127. The highest BCUT2D eigenvalue weighted by molar-refractivity contribution is 14.1. The number of halogens is 1. The molecule has 118 valence electrons. The number of H-pyrrole nitrogens is 1. The Morgan fingerprint density at radius 2 is 2.24 bits per heavy atom. The van der Waals surface area contributed by atoms with E-state index in [9.17, 15) is 29.0 Å². The Bertz CT molecular complexity index is 681. The summed E-state index contributed by atoms with van der Waals surface area (Å²) >= 11 is 1.73. The topological polar surface area (TPSA) is 157 Å². The van der Waals surface area contributed by atoms with Gasteiger partial charge < -0.3 is 28.7 Å². The van der Waals surface area contributed by atoms with Gasteiger partial charge in [0.05, 0.1) is 24.1 Å². The van der Waals surface area contributed by atoms with E-state index in [0.717, 1.165) is 4.57 Å². The van der Waals surface area contributed by atoms with E-state index in [2.05, 4.69) is 9.51 Å². The lowest BCUT2D eigenvalue weighted by atomic mass is 10.2. The summed E-state index contributed by atoms with van der Waals surface area (Å²) in [5.41, 5.74) is -1.27. The van der Waals surface area contributed by atoms with Crippen LogP contribution in [0.5, 0.6) is 0 Å². The lowest BCUT2D eigenvalue weighted by molar-refractivity contribution is -0.343. The average Bonchev–Trinajstić information content (AvgIpc) is 2.72. The maximum absolute atomic E-state index is 11.7. The van der Waals surface area contributed by atoms with Gasteiger partial charge in [0, 0.05) is 12.6 Å². The first kappa shape index (κ1) is 16.8. The number of hydrogen-bond donors (Lipinski definition) is 2. The van der Waals surface area contributed by atoms with Crippen molar-refractivity contribution in [3.63, 3.8) is 0 Å². The molecule has 3 atom stereocenters. The highest BCUT2D eigenvalue weighted by Gasteiger charge is 2.35. The molecule has 1 aromatic rings. The van der Waals surface area contributed by atoms with Gasteiger partial charge in [0.1, 0.15) is 12.3 Å². The summed E-state index contributed by atoms with van der Waals surface area (Å²) in [5, 5.41) is 9.74. The Morgan fingerprint density at radius 3 is 2.86 bits per heavy atom. The molecule has 1 aromatic heterocycles. The number of nitrogens with zero attached hydrogens (tertiary/aromatic N) is 1. The van der Waals surface area contributed by atoms with Gasteiger partial charge in [-0.15, -0.1) is 0 Å². The monoisotopic (exact) mass is 432 g/mol. The molecule has 21 heavy (non-hydrogen) atoms. The molecular formula is C9H10IN2O8P-2. The molecule has 2 N–H and O–H groups in total. The molecule has 0 saturated carbocycles. The van der Waals surface area contributed by atoms with Crippen molar-refractivity contribution >= 4 is 30.4 Å². The van der Waals surface area contributed by atoms with E-state index in [1.165, 1.54) is 6.20 Å². The van der Waals surface area contributed by atoms with Gasteiger partial charge in [-0.3, -0.25) is 14.3 Å². The van der Waals surface area contributed by atoms with E-state index in [1.807, 2.05) is 0 Å². The van der Waals surface area contributed by atoms with Gasteiger partial charge in [-0.05, 0) is 22.6 Å². The molecule has 12 heteroatoms. The lowest BCUT2D eigenvalue weighted by Crippen LogP contribution is -2.33.